The number of amidine groups is 1. The summed E-state index contributed by atoms with van der Waals surface area (Å²) in [6.45, 7) is 3.54. The SMILES string of the molecule is COc1cncc(-c2cccc(C3(CC4CCOCC4)N=C(C)C(N)=N3)c2)c1. The Morgan fingerprint density at radius 1 is 1.14 bits per heavy atom. The number of aromatic nitrogens is 1. The number of methoxy groups -OCH3 is 1. The largest absolute Gasteiger partial charge is 0.495 e. The van der Waals surface area contributed by atoms with Gasteiger partial charge in [0.05, 0.1) is 19.0 Å². The Kier molecular flexibility index (Phi) is 5.13. The Hall–Kier alpha value is -2.73. The minimum absolute atomic E-state index is 0.516. The quantitative estimate of drug-likeness (QED) is 0.862. The maximum absolute atomic E-state index is 6.15. The fraction of sp³-hybridized carbons (Fsp3) is 0.409. The summed E-state index contributed by atoms with van der Waals surface area (Å²) in [4.78, 5) is 14.1. The molecule has 1 saturated heterocycles. The molecule has 6 heteroatoms. The first-order valence-corrected chi connectivity index (χ1v) is 9.69. The van der Waals surface area contributed by atoms with Crippen molar-refractivity contribution in [2.45, 2.75) is 31.8 Å². The molecule has 2 aliphatic heterocycles. The van der Waals surface area contributed by atoms with Crippen LogP contribution in [0.4, 0.5) is 0 Å². The first-order chi connectivity index (χ1) is 13.6. The smallest absolute Gasteiger partial charge is 0.178 e. The second-order valence-corrected chi connectivity index (χ2v) is 7.46. The van der Waals surface area contributed by atoms with Crippen molar-refractivity contribution in [1.29, 1.82) is 0 Å². The van der Waals surface area contributed by atoms with Crippen LogP contribution >= 0.6 is 0 Å². The topological polar surface area (TPSA) is 82.1 Å². The molecule has 28 heavy (non-hydrogen) atoms. The number of aliphatic imine (C=N–C) groups is 2. The molecule has 146 valence electrons. The van der Waals surface area contributed by atoms with Gasteiger partial charge in [0.25, 0.3) is 0 Å². The van der Waals surface area contributed by atoms with E-state index >= 15 is 0 Å². The minimum Gasteiger partial charge on any atom is -0.495 e. The van der Waals surface area contributed by atoms with Crippen LogP contribution < -0.4 is 10.5 Å². The summed E-state index contributed by atoms with van der Waals surface area (Å²) in [6, 6.07) is 10.3. The van der Waals surface area contributed by atoms with Crippen molar-refractivity contribution in [3.8, 4) is 16.9 Å². The fourth-order valence-corrected chi connectivity index (χ4v) is 3.97. The summed E-state index contributed by atoms with van der Waals surface area (Å²) in [5.41, 5.74) is 9.42. The highest BCUT2D eigenvalue weighted by Crippen LogP contribution is 2.41. The van der Waals surface area contributed by atoms with E-state index in [2.05, 4.69) is 23.2 Å². The molecular weight excluding hydrogens is 352 g/mol. The number of pyridine rings is 1. The van der Waals surface area contributed by atoms with Crippen molar-refractivity contribution in [1.82, 2.24) is 4.98 Å². The second-order valence-electron chi connectivity index (χ2n) is 7.46. The summed E-state index contributed by atoms with van der Waals surface area (Å²) in [5, 5.41) is 0. The van der Waals surface area contributed by atoms with E-state index in [1.807, 2.05) is 25.3 Å². The third kappa shape index (κ3) is 3.64. The number of nitrogens with zero attached hydrogens (tertiary/aromatic N) is 3. The number of ether oxygens (including phenoxy) is 2. The molecule has 1 aromatic carbocycles. The minimum atomic E-state index is -0.654. The Bertz CT molecular complexity index is 898. The molecule has 3 heterocycles. The van der Waals surface area contributed by atoms with Gasteiger partial charge in [0.1, 0.15) is 11.6 Å². The summed E-state index contributed by atoms with van der Waals surface area (Å²) in [6.07, 6.45) is 6.45. The molecule has 0 radical (unpaired) electrons. The average Bonchev–Trinajstić information content (AvgIpc) is 3.03. The summed E-state index contributed by atoms with van der Waals surface area (Å²) < 4.78 is 10.8. The third-order valence-corrected chi connectivity index (χ3v) is 5.55. The van der Waals surface area contributed by atoms with Gasteiger partial charge >= 0.3 is 0 Å². The van der Waals surface area contributed by atoms with Gasteiger partial charge in [0.2, 0.25) is 0 Å². The van der Waals surface area contributed by atoms with Crippen LogP contribution in [0.2, 0.25) is 0 Å². The summed E-state index contributed by atoms with van der Waals surface area (Å²) in [7, 11) is 1.65. The predicted octanol–water partition coefficient (Wildman–Crippen LogP) is 3.56. The second kappa shape index (κ2) is 7.72. The molecule has 6 nitrogen and oxygen atoms in total. The van der Waals surface area contributed by atoms with Gasteiger partial charge in [-0.2, -0.15) is 0 Å². The molecule has 4 rings (SSSR count). The number of benzene rings is 1. The molecule has 2 N–H and O–H groups in total. The van der Waals surface area contributed by atoms with E-state index in [0.29, 0.717) is 11.8 Å². The Morgan fingerprint density at radius 2 is 1.96 bits per heavy atom. The van der Waals surface area contributed by atoms with E-state index in [4.69, 9.17) is 25.2 Å². The monoisotopic (exact) mass is 378 g/mol. The van der Waals surface area contributed by atoms with E-state index in [0.717, 1.165) is 60.6 Å². The lowest BCUT2D eigenvalue weighted by molar-refractivity contribution is 0.0567. The van der Waals surface area contributed by atoms with Crippen LogP contribution in [0.5, 0.6) is 5.75 Å². The van der Waals surface area contributed by atoms with Crippen molar-refractivity contribution < 1.29 is 9.47 Å². The van der Waals surface area contributed by atoms with E-state index in [9.17, 15) is 0 Å². The zero-order valence-electron chi connectivity index (χ0n) is 16.4. The molecule has 0 aliphatic carbocycles. The highest BCUT2D eigenvalue weighted by molar-refractivity contribution is 6.41. The highest BCUT2D eigenvalue weighted by Gasteiger charge is 2.39. The van der Waals surface area contributed by atoms with Crippen molar-refractivity contribution >= 4 is 11.5 Å². The van der Waals surface area contributed by atoms with Crippen LogP contribution in [0.15, 0.2) is 52.7 Å². The lowest BCUT2D eigenvalue weighted by Crippen LogP contribution is -2.27. The number of nitrogens with two attached hydrogens (primary N) is 1. The van der Waals surface area contributed by atoms with Crippen LogP contribution in [0.1, 0.15) is 31.7 Å². The Balaban J connectivity index is 1.73. The zero-order chi connectivity index (χ0) is 19.6. The molecule has 1 unspecified atom stereocenters. The van der Waals surface area contributed by atoms with Gasteiger partial charge in [-0.25, -0.2) is 4.99 Å². The van der Waals surface area contributed by atoms with E-state index < -0.39 is 5.66 Å². The Labute approximate surface area is 165 Å². The lowest BCUT2D eigenvalue weighted by Gasteiger charge is -2.31. The molecule has 1 aromatic heterocycles. The molecular formula is C22H26N4O2. The zero-order valence-corrected chi connectivity index (χ0v) is 16.4. The van der Waals surface area contributed by atoms with Crippen LogP contribution in [-0.2, 0) is 10.4 Å². The number of hydrogen-bond donors (Lipinski definition) is 1. The standard InChI is InChI=1S/C22H26N4O2/c1-15-21(23)26-22(25-15,12-16-6-8-28-9-7-16)19-5-3-4-17(10-19)18-11-20(27-2)14-24-13-18/h3-5,10-11,13-14,16H,6-9,12H2,1-2H3,(H2,23,26). The van der Waals surface area contributed by atoms with Gasteiger partial charge in [0.15, 0.2) is 5.66 Å². The molecule has 0 saturated carbocycles. The van der Waals surface area contributed by atoms with Gasteiger partial charge in [-0.05, 0) is 43.4 Å². The van der Waals surface area contributed by atoms with Crippen molar-refractivity contribution in [2.75, 3.05) is 20.3 Å². The van der Waals surface area contributed by atoms with Crippen molar-refractivity contribution in [3.63, 3.8) is 0 Å². The number of rotatable bonds is 5. The van der Waals surface area contributed by atoms with Gasteiger partial charge in [0, 0.05) is 37.0 Å². The van der Waals surface area contributed by atoms with Crippen molar-refractivity contribution in [2.24, 2.45) is 21.6 Å². The van der Waals surface area contributed by atoms with Gasteiger partial charge in [-0.15, -0.1) is 0 Å². The maximum Gasteiger partial charge on any atom is 0.178 e. The first kappa shape index (κ1) is 18.6. The third-order valence-electron chi connectivity index (χ3n) is 5.55. The maximum atomic E-state index is 6.15. The van der Waals surface area contributed by atoms with E-state index in [-0.39, 0.29) is 0 Å². The van der Waals surface area contributed by atoms with Crippen molar-refractivity contribution in [3.05, 3.63) is 48.3 Å². The predicted molar refractivity (Wildman–Crippen MR) is 111 cm³/mol. The van der Waals surface area contributed by atoms with E-state index in [1.54, 1.807) is 13.3 Å². The average molecular weight is 378 g/mol. The van der Waals surface area contributed by atoms with Crippen LogP contribution in [0.3, 0.4) is 0 Å². The molecule has 2 aromatic rings. The van der Waals surface area contributed by atoms with E-state index in [1.165, 1.54) is 0 Å². The molecule has 0 amide bonds. The lowest BCUT2D eigenvalue weighted by atomic mass is 9.84. The van der Waals surface area contributed by atoms with Crippen LogP contribution in [0, 0.1) is 5.92 Å². The molecule has 0 spiro atoms. The van der Waals surface area contributed by atoms with Gasteiger partial charge in [-0.3, -0.25) is 9.98 Å². The highest BCUT2D eigenvalue weighted by atomic mass is 16.5. The Morgan fingerprint density at radius 3 is 2.68 bits per heavy atom. The summed E-state index contributed by atoms with van der Waals surface area (Å²) in [5.74, 6) is 1.78. The molecule has 0 bridgehead atoms. The molecule has 1 atom stereocenters. The van der Waals surface area contributed by atoms with Gasteiger partial charge < -0.3 is 15.2 Å². The summed E-state index contributed by atoms with van der Waals surface area (Å²) >= 11 is 0. The molecule has 1 fully saturated rings. The van der Waals surface area contributed by atoms with Crippen LogP contribution in [-0.4, -0.2) is 36.9 Å². The molecule has 2 aliphatic rings. The normalized spacial score (nSPS) is 22.6. The first-order valence-electron chi connectivity index (χ1n) is 9.69. The fourth-order valence-electron chi connectivity index (χ4n) is 3.97. The van der Waals surface area contributed by atoms with Gasteiger partial charge in [-0.1, -0.05) is 18.2 Å². The van der Waals surface area contributed by atoms with Crippen LogP contribution in [0.25, 0.3) is 11.1 Å². The number of hydrogen-bond acceptors (Lipinski definition) is 6.